The molecule has 0 spiro atoms. The predicted octanol–water partition coefficient (Wildman–Crippen LogP) is 14.5. The normalized spacial score (nSPS) is 13.1. The molecular weight excluding hydrogens is 685 g/mol. The first-order chi connectivity index (χ1) is 27.0. The Morgan fingerprint density at radius 2 is 1.48 bits per heavy atom. The zero-order valence-corrected chi connectivity index (χ0v) is 37.1. The van der Waals surface area contributed by atoms with Crippen molar-refractivity contribution in [3.05, 3.63) is 124 Å². The molecule has 0 heterocycles. The Balaban J connectivity index is 0.000000287. The van der Waals surface area contributed by atoms with Gasteiger partial charge in [-0.15, -0.1) is 0 Å². The van der Waals surface area contributed by atoms with Gasteiger partial charge < -0.3 is 15.3 Å². The van der Waals surface area contributed by atoms with E-state index in [1.165, 1.54) is 103 Å². The molecule has 1 unspecified atom stereocenters. The first kappa shape index (κ1) is 48.0. The average Bonchev–Trinajstić information content (AvgIpc) is 3.19. The monoisotopic (exact) mass is 761 g/mol. The lowest BCUT2D eigenvalue weighted by Crippen LogP contribution is -2.19. The smallest absolute Gasteiger partial charge is 0.150 e. The van der Waals surface area contributed by atoms with Gasteiger partial charge in [-0.2, -0.15) is 0 Å². The quantitative estimate of drug-likeness (QED) is 0.119. The fraction of sp³-hybridized carbons (Fsp3) is 0.481. The van der Waals surface area contributed by atoms with E-state index in [1.807, 2.05) is 55.6 Å². The molecule has 0 aliphatic heterocycles. The number of hydrogen-bond acceptors (Lipinski definition) is 4. The number of phenolic OH excluding ortho intramolecular Hbond substituents is 1. The fourth-order valence-electron chi connectivity index (χ4n) is 6.95. The van der Waals surface area contributed by atoms with Gasteiger partial charge in [0, 0.05) is 29.9 Å². The first-order valence-corrected chi connectivity index (χ1v) is 21.5. The van der Waals surface area contributed by atoms with Crippen molar-refractivity contribution in [3.8, 4) is 16.9 Å². The lowest BCUT2D eigenvalue weighted by atomic mass is 9.76. The summed E-state index contributed by atoms with van der Waals surface area (Å²) in [5.41, 5.74) is 13.1. The number of nitrogens with one attached hydrogen (secondary N) is 1. The number of hydrogen-bond donors (Lipinski definition) is 2. The Morgan fingerprint density at radius 3 is 1.96 bits per heavy atom. The van der Waals surface area contributed by atoms with Crippen molar-refractivity contribution in [1.29, 1.82) is 0 Å². The van der Waals surface area contributed by atoms with Crippen LogP contribution in [-0.4, -0.2) is 43.5 Å². The van der Waals surface area contributed by atoms with Crippen molar-refractivity contribution >= 4 is 17.5 Å². The van der Waals surface area contributed by atoms with Gasteiger partial charge in [-0.1, -0.05) is 146 Å². The van der Waals surface area contributed by atoms with Crippen LogP contribution in [0, 0.1) is 12.8 Å². The summed E-state index contributed by atoms with van der Waals surface area (Å²) in [7, 11) is 4.06. The highest BCUT2D eigenvalue weighted by molar-refractivity contribution is 5.78. The predicted molar refractivity (Wildman–Crippen MR) is 246 cm³/mol. The van der Waals surface area contributed by atoms with E-state index in [0.29, 0.717) is 11.7 Å². The Morgan fingerprint density at radius 1 is 0.857 bits per heavy atom. The summed E-state index contributed by atoms with van der Waals surface area (Å²) in [6.07, 6.45) is 13.2. The molecule has 4 aromatic carbocycles. The number of carbonyl (C=O) groups excluding carboxylic acids is 1. The topological polar surface area (TPSA) is 52.6 Å². The fourth-order valence-corrected chi connectivity index (χ4v) is 6.95. The van der Waals surface area contributed by atoms with Crippen LogP contribution in [0.5, 0.6) is 5.75 Å². The van der Waals surface area contributed by atoms with Crippen molar-refractivity contribution in [1.82, 2.24) is 4.90 Å². The molecular formula is C52H76N2O2. The SMILES string of the molecule is CC/C(C)=C(/C)c1cc(Cc2ccc(C=O)cc2)ccc1C.CCCC(C)CC.CCCN(C)CCC.CNc1cc(O)c(-c2ccccc2)c(C2CCC2)c1. The van der Waals surface area contributed by atoms with Gasteiger partial charge in [-0.3, -0.25) is 4.79 Å². The molecule has 2 N–H and O–H groups in total. The third kappa shape index (κ3) is 16.1. The van der Waals surface area contributed by atoms with Gasteiger partial charge in [-0.25, -0.2) is 0 Å². The summed E-state index contributed by atoms with van der Waals surface area (Å²) in [4.78, 5) is 13.1. The Hall–Kier alpha value is -4.15. The molecule has 4 heteroatoms. The number of anilines is 1. The van der Waals surface area contributed by atoms with Crippen LogP contribution in [0.1, 0.15) is 157 Å². The summed E-state index contributed by atoms with van der Waals surface area (Å²) in [5, 5.41) is 13.5. The second-order valence-electron chi connectivity index (χ2n) is 15.8. The number of benzene rings is 4. The van der Waals surface area contributed by atoms with Gasteiger partial charge in [-0.05, 0) is 136 Å². The summed E-state index contributed by atoms with van der Waals surface area (Å²) in [6.45, 7) is 22.5. The number of carbonyl (C=O) groups is 1. The van der Waals surface area contributed by atoms with E-state index in [0.717, 1.165) is 47.4 Å². The molecule has 1 fully saturated rings. The van der Waals surface area contributed by atoms with E-state index in [-0.39, 0.29) is 0 Å². The van der Waals surface area contributed by atoms with Gasteiger partial charge in [0.05, 0.1) is 0 Å². The van der Waals surface area contributed by atoms with Crippen molar-refractivity contribution in [2.75, 3.05) is 32.5 Å². The van der Waals surface area contributed by atoms with Crippen LogP contribution < -0.4 is 5.32 Å². The van der Waals surface area contributed by atoms with Crippen LogP contribution in [0.15, 0.2) is 90.5 Å². The minimum atomic E-state index is 0.375. The highest BCUT2D eigenvalue weighted by Gasteiger charge is 2.25. The van der Waals surface area contributed by atoms with E-state index in [9.17, 15) is 9.90 Å². The number of nitrogens with zero attached hydrogens (tertiary/aromatic N) is 1. The largest absolute Gasteiger partial charge is 0.507 e. The van der Waals surface area contributed by atoms with Crippen LogP contribution >= 0.6 is 0 Å². The number of phenols is 1. The maximum Gasteiger partial charge on any atom is 0.150 e. The summed E-state index contributed by atoms with van der Waals surface area (Å²) >= 11 is 0. The Labute approximate surface area is 342 Å². The highest BCUT2D eigenvalue weighted by atomic mass is 16.3. The molecule has 5 rings (SSSR count). The number of allylic oxidation sites excluding steroid dienone is 2. The first-order valence-electron chi connectivity index (χ1n) is 21.5. The maximum absolute atomic E-state index is 10.7. The van der Waals surface area contributed by atoms with Gasteiger partial charge >= 0.3 is 0 Å². The second kappa shape index (κ2) is 26.7. The van der Waals surface area contributed by atoms with Crippen LogP contribution in [0.3, 0.4) is 0 Å². The highest BCUT2D eigenvalue weighted by Crippen LogP contribution is 2.45. The Bertz CT molecular complexity index is 1710. The minimum Gasteiger partial charge on any atom is -0.507 e. The lowest BCUT2D eigenvalue weighted by molar-refractivity contribution is 0.112. The van der Waals surface area contributed by atoms with Crippen molar-refractivity contribution in [2.45, 2.75) is 132 Å². The molecule has 0 amide bonds. The molecule has 1 aliphatic carbocycles. The molecule has 0 radical (unpaired) electrons. The summed E-state index contributed by atoms with van der Waals surface area (Å²) in [5.74, 6) is 1.92. The van der Waals surface area contributed by atoms with Gasteiger partial charge in [0.1, 0.15) is 12.0 Å². The summed E-state index contributed by atoms with van der Waals surface area (Å²) in [6, 6.07) is 28.7. The molecule has 1 saturated carbocycles. The van der Waals surface area contributed by atoms with Crippen LogP contribution in [0.4, 0.5) is 5.69 Å². The second-order valence-corrected chi connectivity index (χ2v) is 15.8. The maximum atomic E-state index is 10.7. The van der Waals surface area contributed by atoms with Crippen molar-refractivity contribution in [3.63, 3.8) is 0 Å². The lowest BCUT2D eigenvalue weighted by Gasteiger charge is -2.29. The van der Waals surface area contributed by atoms with Crippen molar-refractivity contribution < 1.29 is 9.90 Å². The van der Waals surface area contributed by atoms with E-state index in [2.05, 4.69) is 116 Å². The zero-order chi connectivity index (χ0) is 41.5. The van der Waals surface area contributed by atoms with Crippen LogP contribution in [0.2, 0.25) is 0 Å². The van der Waals surface area contributed by atoms with Gasteiger partial charge in [0.2, 0.25) is 0 Å². The van der Waals surface area contributed by atoms with Gasteiger partial charge in [0.15, 0.2) is 0 Å². The van der Waals surface area contributed by atoms with E-state index >= 15 is 0 Å². The molecule has 0 saturated heterocycles. The Kier molecular flexibility index (Phi) is 22.8. The average molecular weight is 761 g/mol. The molecule has 1 atom stereocenters. The van der Waals surface area contributed by atoms with E-state index < -0.39 is 0 Å². The van der Waals surface area contributed by atoms with E-state index in [4.69, 9.17) is 0 Å². The standard InChI is InChI=1S/C21H24O.C17H19NO.C7H17N.C7H16/c1-5-15(2)17(4)21-13-20(7-6-16(21)3)12-18-8-10-19(14-22)11-9-18;1-18-14-10-15(12-8-5-9-12)17(16(19)11-14)13-6-3-2-4-7-13;1-4-6-8(3)7-5-2;1-4-6-7(3)5-2/h6-11,13-14H,5,12H2,1-4H3;2-4,6-7,10-12,18-19H,5,8-9H2,1H3;4-7H2,1-3H3;7H,4-6H2,1-3H3/b17-15-;;;. The number of aromatic hydroxyl groups is 1. The molecule has 306 valence electrons. The van der Waals surface area contributed by atoms with E-state index in [1.54, 1.807) is 0 Å². The van der Waals surface area contributed by atoms with Crippen LogP contribution in [-0.2, 0) is 6.42 Å². The molecule has 56 heavy (non-hydrogen) atoms. The van der Waals surface area contributed by atoms with Crippen molar-refractivity contribution in [2.24, 2.45) is 5.92 Å². The number of aryl methyl sites for hydroxylation is 1. The van der Waals surface area contributed by atoms with Crippen LogP contribution in [0.25, 0.3) is 16.7 Å². The number of aldehydes is 1. The summed E-state index contributed by atoms with van der Waals surface area (Å²) < 4.78 is 0. The molecule has 0 bridgehead atoms. The zero-order valence-electron chi connectivity index (χ0n) is 37.1. The molecule has 4 aromatic rings. The molecule has 1 aliphatic rings. The third-order valence-electron chi connectivity index (χ3n) is 11.1. The molecule has 4 nitrogen and oxygen atoms in total. The minimum absolute atomic E-state index is 0.375. The number of rotatable bonds is 15. The third-order valence-corrected chi connectivity index (χ3v) is 11.1. The van der Waals surface area contributed by atoms with Gasteiger partial charge in [0.25, 0.3) is 0 Å². The molecule has 0 aromatic heterocycles.